The number of carbonyl (C=O) groups is 3. The molecule has 1 N–H and O–H groups in total. The zero-order chi connectivity index (χ0) is 20.7. The van der Waals surface area contributed by atoms with Crippen LogP contribution in [0.5, 0.6) is 0 Å². The number of hydrogen-bond acceptors (Lipinski definition) is 5. The Morgan fingerprint density at radius 2 is 1.72 bits per heavy atom. The van der Waals surface area contributed by atoms with Crippen LogP contribution in [0.3, 0.4) is 0 Å². The number of fused-ring (bicyclic) bond motifs is 1. The first-order valence-corrected chi connectivity index (χ1v) is 10.2. The second-order valence-corrected chi connectivity index (χ2v) is 8.05. The SMILES string of the molecule is CC(C(=O)Nc1nc(-c2ccc(Cl)cc2Cl)cs1)N1C(=O)c2ccccc2C1=O. The number of benzene rings is 2. The molecule has 1 aliphatic heterocycles. The number of carbonyl (C=O) groups excluding carboxylic acids is 3. The van der Waals surface area contributed by atoms with Crippen LogP contribution in [0.25, 0.3) is 11.3 Å². The second kappa shape index (κ2) is 7.59. The number of halogens is 2. The van der Waals surface area contributed by atoms with E-state index in [9.17, 15) is 14.4 Å². The second-order valence-electron chi connectivity index (χ2n) is 6.35. The molecule has 2 heterocycles. The van der Waals surface area contributed by atoms with Gasteiger partial charge >= 0.3 is 0 Å². The third-order valence-electron chi connectivity index (χ3n) is 4.53. The van der Waals surface area contributed by atoms with Gasteiger partial charge in [0.2, 0.25) is 5.91 Å². The van der Waals surface area contributed by atoms with Crippen LogP contribution in [0.1, 0.15) is 27.6 Å². The molecule has 0 fully saturated rings. The van der Waals surface area contributed by atoms with Crippen molar-refractivity contribution in [2.24, 2.45) is 0 Å². The van der Waals surface area contributed by atoms with E-state index in [1.807, 2.05) is 0 Å². The number of amides is 3. The molecule has 6 nitrogen and oxygen atoms in total. The fraction of sp³-hybridized carbons (Fsp3) is 0.100. The lowest BCUT2D eigenvalue weighted by Gasteiger charge is -2.21. The first-order chi connectivity index (χ1) is 13.9. The maximum absolute atomic E-state index is 12.7. The Hall–Kier alpha value is -2.74. The van der Waals surface area contributed by atoms with Crippen LogP contribution < -0.4 is 5.32 Å². The summed E-state index contributed by atoms with van der Waals surface area (Å²) >= 11 is 13.3. The van der Waals surface area contributed by atoms with Crippen LogP contribution in [-0.4, -0.2) is 33.6 Å². The predicted molar refractivity (Wildman–Crippen MR) is 113 cm³/mol. The molecule has 1 unspecified atom stereocenters. The molecule has 0 aliphatic carbocycles. The number of hydrogen-bond donors (Lipinski definition) is 1. The number of thiazole rings is 1. The maximum atomic E-state index is 12.7. The molecule has 0 radical (unpaired) electrons. The number of nitrogens with one attached hydrogen (secondary N) is 1. The zero-order valence-corrected chi connectivity index (χ0v) is 17.3. The van der Waals surface area contributed by atoms with Crippen molar-refractivity contribution in [2.75, 3.05) is 5.32 Å². The quantitative estimate of drug-likeness (QED) is 0.588. The highest BCUT2D eigenvalue weighted by Crippen LogP contribution is 2.32. The van der Waals surface area contributed by atoms with E-state index in [2.05, 4.69) is 10.3 Å². The maximum Gasteiger partial charge on any atom is 0.262 e. The summed E-state index contributed by atoms with van der Waals surface area (Å²) < 4.78 is 0. The average Bonchev–Trinajstić information content (AvgIpc) is 3.25. The number of anilines is 1. The Kier molecular flexibility index (Phi) is 5.12. The summed E-state index contributed by atoms with van der Waals surface area (Å²) in [7, 11) is 0. The number of imide groups is 1. The molecule has 3 aromatic rings. The van der Waals surface area contributed by atoms with Gasteiger partial charge in [0, 0.05) is 16.0 Å². The summed E-state index contributed by atoms with van der Waals surface area (Å²) in [4.78, 5) is 43.1. The van der Waals surface area contributed by atoms with Crippen molar-refractivity contribution in [1.82, 2.24) is 9.88 Å². The van der Waals surface area contributed by atoms with E-state index in [1.165, 1.54) is 18.3 Å². The summed E-state index contributed by atoms with van der Waals surface area (Å²) in [6, 6.07) is 10.6. The van der Waals surface area contributed by atoms with Crippen LogP contribution in [0.4, 0.5) is 5.13 Å². The van der Waals surface area contributed by atoms with Crippen molar-refractivity contribution in [3.63, 3.8) is 0 Å². The highest BCUT2D eigenvalue weighted by atomic mass is 35.5. The van der Waals surface area contributed by atoms with Gasteiger partial charge in [0.1, 0.15) is 6.04 Å². The Bertz CT molecular complexity index is 1130. The standard InChI is InChI=1S/C20H13Cl2N3O3S/c1-10(25-18(27)12-4-2-3-5-13(12)19(25)28)17(26)24-20-23-16(9-29-20)14-7-6-11(21)8-15(14)22/h2-10H,1H3,(H,23,24,26). The van der Waals surface area contributed by atoms with E-state index in [1.54, 1.807) is 47.8 Å². The Morgan fingerprint density at radius 1 is 1.07 bits per heavy atom. The van der Waals surface area contributed by atoms with Crippen LogP contribution >= 0.6 is 34.5 Å². The molecule has 1 aromatic heterocycles. The Balaban J connectivity index is 1.51. The molecule has 1 atom stereocenters. The van der Waals surface area contributed by atoms with Gasteiger partial charge < -0.3 is 5.32 Å². The summed E-state index contributed by atoms with van der Waals surface area (Å²) in [5.74, 6) is -1.48. The highest BCUT2D eigenvalue weighted by Gasteiger charge is 2.40. The van der Waals surface area contributed by atoms with Gasteiger partial charge in [-0.2, -0.15) is 0 Å². The first-order valence-electron chi connectivity index (χ1n) is 8.55. The molecule has 0 saturated carbocycles. The largest absolute Gasteiger partial charge is 0.300 e. The topological polar surface area (TPSA) is 79.4 Å². The molecule has 3 amide bonds. The van der Waals surface area contributed by atoms with Gasteiger partial charge in [0.05, 0.1) is 21.8 Å². The lowest BCUT2D eigenvalue weighted by Crippen LogP contribution is -2.45. The first kappa shape index (κ1) is 19.6. The average molecular weight is 446 g/mol. The molecular formula is C20H13Cl2N3O3S. The van der Waals surface area contributed by atoms with E-state index >= 15 is 0 Å². The minimum absolute atomic E-state index is 0.297. The fourth-order valence-corrected chi connectivity index (χ4v) is 4.26. The molecular weight excluding hydrogens is 433 g/mol. The normalized spacial score (nSPS) is 14.1. The monoisotopic (exact) mass is 445 g/mol. The molecule has 4 rings (SSSR count). The lowest BCUT2D eigenvalue weighted by molar-refractivity contribution is -0.119. The van der Waals surface area contributed by atoms with Gasteiger partial charge in [-0.05, 0) is 37.3 Å². The predicted octanol–water partition coefficient (Wildman–Crippen LogP) is 4.74. The zero-order valence-electron chi connectivity index (χ0n) is 15.0. The summed E-state index contributed by atoms with van der Waals surface area (Å²) in [6.07, 6.45) is 0. The third kappa shape index (κ3) is 3.53. The Morgan fingerprint density at radius 3 is 2.34 bits per heavy atom. The third-order valence-corrected chi connectivity index (χ3v) is 5.84. The van der Waals surface area contributed by atoms with Crippen LogP contribution in [0, 0.1) is 0 Å². The fourth-order valence-electron chi connectivity index (χ4n) is 3.04. The highest BCUT2D eigenvalue weighted by molar-refractivity contribution is 7.14. The van der Waals surface area contributed by atoms with Gasteiger partial charge in [-0.25, -0.2) is 4.98 Å². The van der Waals surface area contributed by atoms with Crippen molar-refractivity contribution in [3.8, 4) is 11.3 Å². The van der Waals surface area contributed by atoms with Gasteiger partial charge in [-0.1, -0.05) is 35.3 Å². The van der Waals surface area contributed by atoms with Gasteiger partial charge in [-0.15, -0.1) is 11.3 Å². The number of aromatic nitrogens is 1. The molecule has 1 aliphatic rings. The summed E-state index contributed by atoms with van der Waals surface area (Å²) in [5, 5.41) is 5.70. The smallest absolute Gasteiger partial charge is 0.262 e. The molecule has 0 saturated heterocycles. The number of nitrogens with zero attached hydrogens (tertiary/aromatic N) is 2. The van der Waals surface area contributed by atoms with Crippen LogP contribution in [0.2, 0.25) is 10.0 Å². The van der Waals surface area contributed by atoms with E-state index in [0.717, 1.165) is 4.90 Å². The molecule has 29 heavy (non-hydrogen) atoms. The minimum Gasteiger partial charge on any atom is -0.300 e. The van der Waals surface area contributed by atoms with Crippen molar-refractivity contribution in [2.45, 2.75) is 13.0 Å². The van der Waals surface area contributed by atoms with Crippen LogP contribution in [0.15, 0.2) is 47.8 Å². The van der Waals surface area contributed by atoms with E-state index < -0.39 is 23.8 Å². The Labute approximate surface area is 180 Å². The lowest BCUT2D eigenvalue weighted by atomic mass is 10.1. The summed E-state index contributed by atoms with van der Waals surface area (Å²) in [6.45, 7) is 1.50. The van der Waals surface area contributed by atoms with E-state index in [4.69, 9.17) is 23.2 Å². The van der Waals surface area contributed by atoms with Gasteiger partial charge in [0.25, 0.3) is 11.8 Å². The van der Waals surface area contributed by atoms with Crippen molar-refractivity contribution >= 4 is 57.4 Å². The van der Waals surface area contributed by atoms with Crippen molar-refractivity contribution in [1.29, 1.82) is 0 Å². The molecule has 0 spiro atoms. The summed E-state index contributed by atoms with van der Waals surface area (Å²) in [5.41, 5.74) is 1.86. The molecule has 146 valence electrons. The molecule has 0 bridgehead atoms. The van der Waals surface area contributed by atoms with E-state index in [-0.39, 0.29) is 0 Å². The van der Waals surface area contributed by atoms with Gasteiger partial charge in [0.15, 0.2) is 5.13 Å². The molecule has 9 heteroatoms. The van der Waals surface area contributed by atoms with E-state index in [0.29, 0.717) is 37.6 Å². The van der Waals surface area contributed by atoms with Crippen molar-refractivity contribution in [3.05, 3.63) is 69.0 Å². The minimum atomic E-state index is -0.992. The molecule has 2 aromatic carbocycles. The van der Waals surface area contributed by atoms with Crippen molar-refractivity contribution < 1.29 is 14.4 Å². The van der Waals surface area contributed by atoms with Gasteiger partial charge in [-0.3, -0.25) is 19.3 Å². The van der Waals surface area contributed by atoms with Crippen LogP contribution in [-0.2, 0) is 4.79 Å². The number of rotatable bonds is 4.